The van der Waals surface area contributed by atoms with Gasteiger partial charge in [-0.3, -0.25) is 9.59 Å². The van der Waals surface area contributed by atoms with Gasteiger partial charge in [0.2, 0.25) is 11.8 Å². The standard InChI is InChI=1S/C26H35ClN2O2S/c1-7-23(25(31)28-26(4,5)6)29(15-21-10-8-9-11-22(21)27)24(30)17-32-16-20-13-18(2)12-19(3)14-20/h8-14,23H,7,15-17H2,1-6H3,(H,28,31). The molecule has 0 aliphatic rings. The number of carbonyl (C=O) groups excluding carboxylic acids is 2. The summed E-state index contributed by atoms with van der Waals surface area (Å²) in [4.78, 5) is 28.0. The minimum Gasteiger partial charge on any atom is -0.350 e. The topological polar surface area (TPSA) is 49.4 Å². The molecule has 1 N–H and O–H groups in total. The van der Waals surface area contributed by atoms with E-state index in [1.54, 1.807) is 16.7 Å². The highest BCUT2D eigenvalue weighted by Gasteiger charge is 2.30. The fourth-order valence-electron chi connectivity index (χ4n) is 3.67. The van der Waals surface area contributed by atoms with E-state index in [0.717, 1.165) is 11.3 Å². The third-order valence-electron chi connectivity index (χ3n) is 4.96. The first-order chi connectivity index (χ1) is 15.0. The number of nitrogens with one attached hydrogen (secondary N) is 1. The third-order valence-corrected chi connectivity index (χ3v) is 6.32. The van der Waals surface area contributed by atoms with E-state index in [4.69, 9.17) is 11.6 Å². The molecule has 0 spiro atoms. The van der Waals surface area contributed by atoms with Gasteiger partial charge in [0.25, 0.3) is 0 Å². The van der Waals surface area contributed by atoms with E-state index >= 15 is 0 Å². The summed E-state index contributed by atoms with van der Waals surface area (Å²) in [5.41, 5.74) is 4.11. The zero-order valence-electron chi connectivity index (χ0n) is 20.0. The molecule has 2 aromatic carbocycles. The van der Waals surface area contributed by atoms with Crippen LogP contribution in [0.1, 0.15) is 56.4 Å². The van der Waals surface area contributed by atoms with Crippen molar-refractivity contribution in [1.29, 1.82) is 0 Å². The Labute approximate surface area is 202 Å². The van der Waals surface area contributed by atoms with Crippen molar-refractivity contribution in [3.8, 4) is 0 Å². The minimum atomic E-state index is -0.556. The van der Waals surface area contributed by atoms with E-state index < -0.39 is 6.04 Å². The average molecular weight is 475 g/mol. The Morgan fingerprint density at radius 1 is 1.09 bits per heavy atom. The summed E-state index contributed by atoms with van der Waals surface area (Å²) in [5, 5.41) is 3.62. The number of aryl methyl sites for hydroxylation is 2. The average Bonchev–Trinajstić information content (AvgIpc) is 2.67. The normalized spacial score (nSPS) is 12.3. The number of thioether (sulfide) groups is 1. The Bertz CT molecular complexity index is 919. The van der Waals surface area contributed by atoms with Gasteiger partial charge >= 0.3 is 0 Å². The molecule has 1 unspecified atom stereocenters. The summed E-state index contributed by atoms with van der Waals surface area (Å²) in [7, 11) is 0. The highest BCUT2D eigenvalue weighted by molar-refractivity contribution is 7.99. The molecule has 0 heterocycles. The van der Waals surface area contributed by atoms with Gasteiger partial charge in [-0.25, -0.2) is 0 Å². The van der Waals surface area contributed by atoms with Crippen molar-refractivity contribution in [1.82, 2.24) is 10.2 Å². The molecule has 174 valence electrons. The number of hydrogen-bond donors (Lipinski definition) is 1. The molecule has 1 atom stereocenters. The summed E-state index contributed by atoms with van der Waals surface area (Å²) in [6.45, 7) is 12.2. The second-order valence-electron chi connectivity index (χ2n) is 9.27. The van der Waals surface area contributed by atoms with Crippen LogP contribution in [-0.4, -0.2) is 34.0 Å². The summed E-state index contributed by atoms with van der Waals surface area (Å²) < 4.78 is 0. The number of benzene rings is 2. The molecule has 0 saturated carbocycles. The van der Waals surface area contributed by atoms with Crippen molar-refractivity contribution in [2.24, 2.45) is 0 Å². The van der Waals surface area contributed by atoms with Crippen molar-refractivity contribution in [2.45, 2.75) is 71.8 Å². The molecular formula is C26H35ClN2O2S. The Kier molecular flexibility index (Phi) is 9.65. The molecule has 2 aromatic rings. The number of amides is 2. The lowest BCUT2D eigenvalue weighted by molar-refractivity contribution is -0.140. The van der Waals surface area contributed by atoms with E-state index in [0.29, 0.717) is 23.7 Å². The number of hydrogen-bond acceptors (Lipinski definition) is 3. The molecule has 0 radical (unpaired) electrons. The van der Waals surface area contributed by atoms with E-state index in [2.05, 4.69) is 37.4 Å². The van der Waals surface area contributed by atoms with Gasteiger partial charge in [-0.1, -0.05) is 66.0 Å². The second-order valence-corrected chi connectivity index (χ2v) is 10.7. The molecule has 6 heteroatoms. The summed E-state index contributed by atoms with van der Waals surface area (Å²) in [6.07, 6.45) is 0.528. The molecule has 4 nitrogen and oxygen atoms in total. The Hall–Kier alpha value is -1.98. The number of halogens is 1. The molecule has 32 heavy (non-hydrogen) atoms. The maximum atomic E-state index is 13.3. The Morgan fingerprint density at radius 2 is 1.72 bits per heavy atom. The molecule has 0 saturated heterocycles. The quantitative estimate of drug-likeness (QED) is 0.491. The fourth-order valence-corrected chi connectivity index (χ4v) is 4.71. The van der Waals surface area contributed by atoms with Crippen molar-refractivity contribution in [3.63, 3.8) is 0 Å². The van der Waals surface area contributed by atoms with Gasteiger partial charge in [0, 0.05) is 22.9 Å². The monoisotopic (exact) mass is 474 g/mol. The zero-order chi connectivity index (χ0) is 23.9. The van der Waals surface area contributed by atoms with Crippen LogP contribution in [0, 0.1) is 13.8 Å². The van der Waals surface area contributed by atoms with Crippen LogP contribution in [0.3, 0.4) is 0 Å². The predicted molar refractivity (Wildman–Crippen MR) is 136 cm³/mol. The minimum absolute atomic E-state index is 0.0600. The van der Waals surface area contributed by atoms with Crippen LogP contribution in [0.2, 0.25) is 5.02 Å². The van der Waals surface area contributed by atoms with Gasteiger partial charge in [0.1, 0.15) is 6.04 Å². The van der Waals surface area contributed by atoms with Crippen molar-refractivity contribution in [2.75, 3.05) is 5.75 Å². The molecule has 0 aliphatic carbocycles. The Morgan fingerprint density at radius 3 is 2.28 bits per heavy atom. The molecule has 0 fully saturated rings. The first-order valence-electron chi connectivity index (χ1n) is 11.0. The highest BCUT2D eigenvalue weighted by atomic mass is 35.5. The van der Waals surface area contributed by atoms with Crippen LogP contribution < -0.4 is 5.32 Å². The van der Waals surface area contributed by atoms with Crippen LogP contribution in [-0.2, 0) is 21.9 Å². The number of rotatable bonds is 9. The van der Waals surface area contributed by atoms with E-state index in [9.17, 15) is 9.59 Å². The maximum absolute atomic E-state index is 13.3. The molecular weight excluding hydrogens is 440 g/mol. The first-order valence-corrected chi connectivity index (χ1v) is 12.5. The molecule has 2 amide bonds. The summed E-state index contributed by atoms with van der Waals surface area (Å²) in [5.74, 6) is 0.852. The number of carbonyl (C=O) groups is 2. The third kappa shape index (κ3) is 8.18. The van der Waals surface area contributed by atoms with Crippen molar-refractivity contribution < 1.29 is 9.59 Å². The van der Waals surface area contributed by atoms with Gasteiger partial charge in [0.15, 0.2) is 0 Å². The smallest absolute Gasteiger partial charge is 0.243 e. The SMILES string of the molecule is CCC(C(=O)NC(C)(C)C)N(Cc1ccccc1Cl)C(=O)CSCc1cc(C)cc(C)c1. The van der Waals surface area contributed by atoms with Crippen LogP contribution in [0.15, 0.2) is 42.5 Å². The highest BCUT2D eigenvalue weighted by Crippen LogP contribution is 2.22. The van der Waals surface area contributed by atoms with Crippen LogP contribution in [0.25, 0.3) is 0 Å². The van der Waals surface area contributed by atoms with Gasteiger partial charge in [-0.15, -0.1) is 11.8 Å². The summed E-state index contributed by atoms with van der Waals surface area (Å²) >= 11 is 7.95. The maximum Gasteiger partial charge on any atom is 0.243 e. The van der Waals surface area contributed by atoms with Crippen molar-refractivity contribution in [3.05, 3.63) is 69.7 Å². The molecule has 0 aromatic heterocycles. The van der Waals surface area contributed by atoms with Crippen LogP contribution in [0.4, 0.5) is 0 Å². The van der Waals surface area contributed by atoms with E-state index in [1.165, 1.54) is 16.7 Å². The van der Waals surface area contributed by atoms with E-state index in [-0.39, 0.29) is 17.4 Å². The van der Waals surface area contributed by atoms with Crippen LogP contribution >= 0.6 is 23.4 Å². The molecule has 0 bridgehead atoms. The Balaban J connectivity index is 2.18. The van der Waals surface area contributed by atoms with Crippen molar-refractivity contribution >= 4 is 35.2 Å². The lowest BCUT2D eigenvalue weighted by Crippen LogP contribution is -2.53. The predicted octanol–water partition coefficient (Wildman–Crippen LogP) is 5.91. The number of nitrogens with zero attached hydrogens (tertiary/aromatic N) is 1. The van der Waals surface area contributed by atoms with E-state index in [1.807, 2.05) is 52.0 Å². The van der Waals surface area contributed by atoms with Gasteiger partial charge in [0.05, 0.1) is 5.75 Å². The lowest BCUT2D eigenvalue weighted by atomic mass is 10.1. The largest absolute Gasteiger partial charge is 0.350 e. The van der Waals surface area contributed by atoms with Gasteiger partial charge in [-0.2, -0.15) is 0 Å². The lowest BCUT2D eigenvalue weighted by Gasteiger charge is -2.33. The molecule has 0 aliphatic heterocycles. The summed E-state index contributed by atoms with van der Waals surface area (Å²) in [6, 6.07) is 13.4. The first kappa shape index (κ1) is 26.3. The fraction of sp³-hybridized carbons (Fsp3) is 0.462. The second kappa shape index (κ2) is 11.8. The molecule has 2 rings (SSSR count). The van der Waals surface area contributed by atoms with Crippen LogP contribution in [0.5, 0.6) is 0 Å². The zero-order valence-corrected chi connectivity index (χ0v) is 21.6. The van der Waals surface area contributed by atoms with Gasteiger partial charge < -0.3 is 10.2 Å². The van der Waals surface area contributed by atoms with Gasteiger partial charge in [-0.05, 0) is 58.2 Å².